The zero-order valence-electron chi connectivity index (χ0n) is 9.80. The average Bonchev–Trinajstić information content (AvgIpc) is 2.42. The molecule has 1 rings (SSSR count). The van der Waals surface area contributed by atoms with E-state index in [1.54, 1.807) is 0 Å². The first-order chi connectivity index (χ1) is 6.63. The Kier molecular flexibility index (Phi) is 5.25. The third kappa shape index (κ3) is 3.78. The van der Waals surface area contributed by atoms with E-state index in [1.165, 1.54) is 32.4 Å². The highest BCUT2D eigenvalue weighted by molar-refractivity contribution is 6.17. The molecule has 0 bridgehead atoms. The Balaban J connectivity index is 2.18. The second kappa shape index (κ2) is 5.97. The lowest BCUT2D eigenvalue weighted by atomic mass is 10.0. The summed E-state index contributed by atoms with van der Waals surface area (Å²) >= 11 is 5.73. The third-order valence-electron chi connectivity index (χ3n) is 3.42. The normalized spacial score (nSPS) is 30.9. The summed E-state index contributed by atoms with van der Waals surface area (Å²) in [5, 5.41) is 0. The predicted octanol–water partition coefficient (Wildman–Crippen LogP) is 3.37. The lowest BCUT2D eigenvalue weighted by Crippen LogP contribution is -2.29. The van der Waals surface area contributed by atoms with E-state index in [0.29, 0.717) is 0 Å². The van der Waals surface area contributed by atoms with Crippen LogP contribution < -0.4 is 0 Å². The molecular formula is C12H24ClN. The van der Waals surface area contributed by atoms with Crippen LogP contribution in [0, 0.1) is 11.8 Å². The Bertz CT molecular complexity index is 160. The molecule has 0 amide bonds. The quantitative estimate of drug-likeness (QED) is 0.639. The summed E-state index contributed by atoms with van der Waals surface area (Å²) < 4.78 is 0. The summed E-state index contributed by atoms with van der Waals surface area (Å²) in [6, 6.07) is 0.799. The second-order valence-corrected chi connectivity index (χ2v) is 5.43. The molecule has 1 fully saturated rings. The molecule has 0 spiro atoms. The van der Waals surface area contributed by atoms with Gasteiger partial charge in [0.2, 0.25) is 0 Å². The molecule has 3 atom stereocenters. The van der Waals surface area contributed by atoms with Crippen LogP contribution in [0.25, 0.3) is 0 Å². The molecule has 0 aliphatic carbocycles. The van der Waals surface area contributed by atoms with Crippen LogP contribution in [0.5, 0.6) is 0 Å². The minimum Gasteiger partial charge on any atom is -0.300 e. The van der Waals surface area contributed by atoms with Gasteiger partial charge in [0.15, 0.2) is 0 Å². The highest BCUT2D eigenvalue weighted by Gasteiger charge is 2.25. The monoisotopic (exact) mass is 217 g/mol. The van der Waals surface area contributed by atoms with Gasteiger partial charge in [0.05, 0.1) is 0 Å². The number of halogens is 1. The molecule has 0 radical (unpaired) electrons. The van der Waals surface area contributed by atoms with E-state index < -0.39 is 0 Å². The molecule has 84 valence electrons. The van der Waals surface area contributed by atoms with Gasteiger partial charge >= 0.3 is 0 Å². The van der Waals surface area contributed by atoms with Crippen molar-refractivity contribution in [2.24, 2.45) is 11.8 Å². The van der Waals surface area contributed by atoms with Gasteiger partial charge in [-0.2, -0.15) is 0 Å². The van der Waals surface area contributed by atoms with Crippen molar-refractivity contribution in [3.63, 3.8) is 0 Å². The summed E-state index contributed by atoms with van der Waals surface area (Å²) in [4.78, 5) is 2.63. The maximum atomic E-state index is 5.73. The number of nitrogens with zero attached hydrogens (tertiary/aromatic N) is 1. The van der Waals surface area contributed by atoms with Crippen molar-refractivity contribution in [1.29, 1.82) is 0 Å². The molecule has 0 aromatic carbocycles. The first-order valence-electron chi connectivity index (χ1n) is 5.93. The van der Waals surface area contributed by atoms with Gasteiger partial charge in [0, 0.05) is 18.5 Å². The molecule has 0 aromatic rings. The summed E-state index contributed by atoms with van der Waals surface area (Å²) in [5.74, 6) is 2.50. The van der Waals surface area contributed by atoms with Crippen LogP contribution in [-0.4, -0.2) is 29.9 Å². The number of hydrogen-bond donors (Lipinski definition) is 0. The smallest absolute Gasteiger partial charge is 0.0225 e. The number of likely N-dealkylation sites (tertiary alicyclic amines) is 1. The Morgan fingerprint density at radius 2 is 2.07 bits per heavy atom. The van der Waals surface area contributed by atoms with Gasteiger partial charge in [-0.05, 0) is 44.6 Å². The lowest BCUT2D eigenvalue weighted by Gasteiger charge is -2.22. The maximum absolute atomic E-state index is 5.73. The first kappa shape index (κ1) is 12.3. The van der Waals surface area contributed by atoms with E-state index in [4.69, 9.17) is 11.6 Å². The predicted molar refractivity (Wildman–Crippen MR) is 63.9 cm³/mol. The van der Waals surface area contributed by atoms with Crippen molar-refractivity contribution in [3.8, 4) is 0 Å². The van der Waals surface area contributed by atoms with Gasteiger partial charge in [-0.3, -0.25) is 0 Å². The number of rotatable bonds is 5. The average molecular weight is 218 g/mol. The summed E-state index contributed by atoms with van der Waals surface area (Å²) in [7, 11) is 0. The standard InChI is InChI=1S/C12H24ClN/c1-10(4-6-13)5-7-14-9-11(2)8-12(14)3/h10-12H,4-9H2,1-3H3. The van der Waals surface area contributed by atoms with Gasteiger partial charge in [-0.25, -0.2) is 0 Å². The van der Waals surface area contributed by atoms with E-state index in [2.05, 4.69) is 25.7 Å². The molecule has 1 saturated heterocycles. The molecule has 1 aliphatic rings. The largest absolute Gasteiger partial charge is 0.300 e. The highest BCUT2D eigenvalue weighted by Crippen LogP contribution is 2.23. The fourth-order valence-corrected chi connectivity index (χ4v) is 2.79. The fraction of sp³-hybridized carbons (Fsp3) is 1.00. The zero-order valence-corrected chi connectivity index (χ0v) is 10.6. The lowest BCUT2D eigenvalue weighted by molar-refractivity contribution is 0.245. The summed E-state index contributed by atoms with van der Waals surface area (Å²) in [6.07, 6.45) is 3.85. The molecule has 14 heavy (non-hydrogen) atoms. The zero-order chi connectivity index (χ0) is 10.6. The first-order valence-corrected chi connectivity index (χ1v) is 6.47. The van der Waals surface area contributed by atoms with E-state index in [-0.39, 0.29) is 0 Å². The van der Waals surface area contributed by atoms with Gasteiger partial charge in [-0.1, -0.05) is 13.8 Å². The van der Waals surface area contributed by atoms with Crippen LogP contribution in [-0.2, 0) is 0 Å². The van der Waals surface area contributed by atoms with Crippen LogP contribution in [0.2, 0.25) is 0 Å². The van der Waals surface area contributed by atoms with Crippen LogP contribution >= 0.6 is 11.6 Å². The summed E-state index contributed by atoms with van der Waals surface area (Å²) in [6.45, 7) is 9.60. The van der Waals surface area contributed by atoms with E-state index in [0.717, 1.165) is 23.8 Å². The van der Waals surface area contributed by atoms with Crippen LogP contribution in [0.15, 0.2) is 0 Å². The molecule has 2 heteroatoms. The van der Waals surface area contributed by atoms with Crippen molar-refractivity contribution in [1.82, 2.24) is 4.90 Å². The SMILES string of the molecule is CC(CCCl)CCN1CC(C)CC1C. The molecular weight excluding hydrogens is 194 g/mol. The van der Waals surface area contributed by atoms with Crippen molar-refractivity contribution < 1.29 is 0 Å². The fourth-order valence-electron chi connectivity index (χ4n) is 2.41. The van der Waals surface area contributed by atoms with Gasteiger partial charge in [-0.15, -0.1) is 11.6 Å². The Morgan fingerprint density at radius 3 is 2.57 bits per heavy atom. The molecule has 1 aliphatic heterocycles. The molecule has 0 aromatic heterocycles. The van der Waals surface area contributed by atoms with Crippen molar-refractivity contribution in [3.05, 3.63) is 0 Å². The van der Waals surface area contributed by atoms with Gasteiger partial charge in [0.1, 0.15) is 0 Å². The van der Waals surface area contributed by atoms with Crippen molar-refractivity contribution >= 4 is 11.6 Å². The van der Waals surface area contributed by atoms with Gasteiger partial charge in [0.25, 0.3) is 0 Å². The minimum absolute atomic E-state index is 0.788. The topological polar surface area (TPSA) is 3.24 Å². The molecule has 0 N–H and O–H groups in total. The highest BCUT2D eigenvalue weighted by atomic mass is 35.5. The minimum atomic E-state index is 0.788. The second-order valence-electron chi connectivity index (χ2n) is 5.06. The van der Waals surface area contributed by atoms with Gasteiger partial charge < -0.3 is 4.90 Å². The number of hydrogen-bond acceptors (Lipinski definition) is 1. The number of alkyl halides is 1. The third-order valence-corrected chi connectivity index (χ3v) is 3.64. The van der Waals surface area contributed by atoms with E-state index in [9.17, 15) is 0 Å². The molecule has 1 nitrogen and oxygen atoms in total. The van der Waals surface area contributed by atoms with Crippen molar-refractivity contribution in [2.75, 3.05) is 19.0 Å². The summed E-state index contributed by atoms with van der Waals surface area (Å²) in [5.41, 5.74) is 0. The van der Waals surface area contributed by atoms with E-state index >= 15 is 0 Å². The van der Waals surface area contributed by atoms with Crippen LogP contribution in [0.3, 0.4) is 0 Å². The van der Waals surface area contributed by atoms with Crippen LogP contribution in [0.1, 0.15) is 40.0 Å². The van der Waals surface area contributed by atoms with Crippen LogP contribution in [0.4, 0.5) is 0 Å². The Labute approximate surface area is 93.8 Å². The van der Waals surface area contributed by atoms with E-state index in [1.807, 2.05) is 0 Å². The Morgan fingerprint density at radius 1 is 1.36 bits per heavy atom. The molecule has 1 heterocycles. The molecule has 0 saturated carbocycles. The maximum Gasteiger partial charge on any atom is 0.0225 e. The Hall–Kier alpha value is 0.250. The van der Waals surface area contributed by atoms with Crippen molar-refractivity contribution in [2.45, 2.75) is 46.1 Å². The molecule has 3 unspecified atom stereocenters.